The van der Waals surface area contributed by atoms with Gasteiger partial charge in [0.05, 0.1) is 7.11 Å². The van der Waals surface area contributed by atoms with Gasteiger partial charge >= 0.3 is 5.97 Å². The number of amides is 1. The zero-order valence-corrected chi connectivity index (χ0v) is 16.9. The molecule has 1 amide bonds. The van der Waals surface area contributed by atoms with Crippen LogP contribution >= 0.6 is 0 Å². The van der Waals surface area contributed by atoms with Crippen LogP contribution in [0.3, 0.4) is 0 Å². The minimum absolute atomic E-state index is 0.244. The van der Waals surface area contributed by atoms with Gasteiger partial charge in [0.1, 0.15) is 11.3 Å². The highest BCUT2D eigenvalue weighted by Gasteiger charge is 2.55. The summed E-state index contributed by atoms with van der Waals surface area (Å²) in [5.41, 5.74) is 1.03. The Kier molecular flexibility index (Phi) is 5.27. The summed E-state index contributed by atoms with van der Waals surface area (Å²) in [5, 5.41) is 0. The van der Waals surface area contributed by atoms with Crippen LogP contribution in [-0.2, 0) is 16.0 Å². The van der Waals surface area contributed by atoms with Crippen molar-refractivity contribution in [3.63, 3.8) is 0 Å². The Morgan fingerprint density at radius 1 is 0.967 bits per heavy atom. The van der Waals surface area contributed by atoms with Crippen molar-refractivity contribution in [2.24, 2.45) is 0 Å². The second-order valence-corrected chi connectivity index (χ2v) is 7.51. The summed E-state index contributed by atoms with van der Waals surface area (Å²) in [5.74, 6) is 0.0695. The predicted molar refractivity (Wildman–Crippen MR) is 113 cm³/mol. The molecule has 1 fully saturated rings. The fourth-order valence-corrected chi connectivity index (χ4v) is 3.82. The van der Waals surface area contributed by atoms with Gasteiger partial charge in [-0.05, 0) is 36.8 Å². The van der Waals surface area contributed by atoms with Crippen LogP contribution in [-0.4, -0.2) is 29.4 Å². The molecule has 30 heavy (non-hydrogen) atoms. The van der Waals surface area contributed by atoms with E-state index in [9.17, 15) is 9.59 Å². The average molecular weight is 401 g/mol. The summed E-state index contributed by atoms with van der Waals surface area (Å²) >= 11 is 0. The third kappa shape index (κ3) is 3.54. The lowest BCUT2D eigenvalue weighted by Gasteiger charge is -2.34. The normalized spacial score (nSPS) is 20.7. The van der Waals surface area contributed by atoms with E-state index in [1.54, 1.807) is 31.1 Å². The maximum atomic E-state index is 13.6. The standard InChI is InChI=1S/C25H23NO4/c1-25(17-18-13-15-21(29-2)16-14-18)24(28)30-23(20-11-7-4-8-12-20)26(25)22(27)19-9-5-3-6-10-19/h3-16,23H,17H2,1-2H3/t23-,25-/m1/s1. The van der Waals surface area contributed by atoms with Crippen molar-refractivity contribution in [1.82, 2.24) is 4.90 Å². The quantitative estimate of drug-likeness (QED) is 0.595. The molecular weight excluding hydrogens is 378 g/mol. The summed E-state index contributed by atoms with van der Waals surface area (Å²) in [7, 11) is 1.61. The van der Waals surface area contributed by atoms with Crippen LogP contribution in [0.15, 0.2) is 84.9 Å². The van der Waals surface area contributed by atoms with E-state index >= 15 is 0 Å². The number of cyclic esters (lactones) is 1. The van der Waals surface area contributed by atoms with Gasteiger partial charge in [-0.1, -0.05) is 60.7 Å². The van der Waals surface area contributed by atoms with Gasteiger partial charge < -0.3 is 9.47 Å². The summed E-state index contributed by atoms with van der Waals surface area (Å²) in [4.78, 5) is 28.2. The van der Waals surface area contributed by atoms with Crippen LogP contribution < -0.4 is 4.74 Å². The molecule has 152 valence electrons. The molecule has 0 saturated carbocycles. The lowest BCUT2D eigenvalue weighted by atomic mass is 9.90. The number of rotatable bonds is 5. The van der Waals surface area contributed by atoms with Gasteiger partial charge in [-0.25, -0.2) is 4.79 Å². The number of hydrogen-bond acceptors (Lipinski definition) is 4. The van der Waals surface area contributed by atoms with Gasteiger partial charge in [0.25, 0.3) is 5.91 Å². The van der Waals surface area contributed by atoms with E-state index < -0.39 is 17.7 Å². The molecule has 2 atom stereocenters. The highest BCUT2D eigenvalue weighted by molar-refractivity contribution is 6.00. The van der Waals surface area contributed by atoms with E-state index in [0.717, 1.165) is 16.9 Å². The Morgan fingerprint density at radius 2 is 1.57 bits per heavy atom. The molecule has 0 bridgehead atoms. The average Bonchev–Trinajstić information content (AvgIpc) is 3.05. The molecule has 5 heteroatoms. The lowest BCUT2D eigenvalue weighted by Crippen LogP contribution is -2.51. The molecule has 3 aromatic rings. The van der Waals surface area contributed by atoms with E-state index in [4.69, 9.17) is 9.47 Å². The molecule has 4 rings (SSSR count). The van der Waals surface area contributed by atoms with Gasteiger partial charge in [-0.3, -0.25) is 9.69 Å². The fraction of sp³-hybridized carbons (Fsp3) is 0.200. The second kappa shape index (κ2) is 8.03. The maximum absolute atomic E-state index is 13.6. The first-order chi connectivity index (χ1) is 14.5. The zero-order valence-electron chi connectivity index (χ0n) is 16.9. The van der Waals surface area contributed by atoms with Gasteiger partial charge in [-0.15, -0.1) is 0 Å². The second-order valence-electron chi connectivity index (χ2n) is 7.51. The molecule has 1 heterocycles. The lowest BCUT2D eigenvalue weighted by molar-refractivity contribution is -0.145. The number of ether oxygens (including phenoxy) is 2. The molecule has 0 aliphatic carbocycles. The number of hydrogen-bond donors (Lipinski definition) is 0. The molecule has 0 radical (unpaired) electrons. The Bertz CT molecular complexity index is 1030. The first-order valence-corrected chi connectivity index (χ1v) is 9.80. The Morgan fingerprint density at radius 3 is 2.17 bits per heavy atom. The third-order valence-electron chi connectivity index (χ3n) is 5.46. The van der Waals surface area contributed by atoms with Crippen LogP contribution in [0.25, 0.3) is 0 Å². The van der Waals surface area contributed by atoms with Crippen molar-refractivity contribution >= 4 is 11.9 Å². The van der Waals surface area contributed by atoms with Crippen molar-refractivity contribution < 1.29 is 19.1 Å². The molecule has 1 aliphatic heterocycles. The largest absolute Gasteiger partial charge is 0.497 e. The molecule has 3 aromatic carbocycles. The first-order valence-electron chi connectivity index (χ1n) is 9.80. The number of methoxy groups -OCH3 is 1. The van der Waals surface area contributed by atoms with Crippen molar-refractivity contribution in [2.45, 2.75) is 25.1 Å². The number of esters is 1. The van der Waals surface area contributed by atoms with Crippen molar-refractivity contribution in [1.29, 1.82) is 0 Å². The van der Waals surface area contributed by atoms with Crippen molar-refractivity contribution in [2.75, 3.05) is 7.11 Å². The molecule has 0 N–H and O–H groups in total. The van der Waals surface area contributed by atoms with Gasteiger partial charge in [0.15, 0.2) is 0 Å². The SMILES string of the molecule is COc1ccc(C[C@]2(C)C(=O)O[C@H](c3ccccc3)N2C(=O)c2ccccc2)cc1. The summed E-state index contributed by atoms with van der Waals surface area (Å²) < 4.78 is 11.0. The highest BCUT2D eigenvalue weighted by atomic mass is 16.6. The third-order valence-corrected chi connectivity index (χ3v) is 5.46. The van der Waals surface area contributed by atoms with Crippen molar-refractivity contribution in [3.05, 3.63) is 102 Å². The number of carbonyl (C=O) groups is 2. The summed E-state index contributed by atoms with van der Waals surface area (Å²) in [6.07, 6.45) is -0.452. The fourth-order valence-electron chi connectivity index (χ4n) is 3.82. The molecule has 0 aromatic heterocycles. The number of nitrogens with zero attached hydrogens (tertiary/aromatic N) is 1. The first kappa shape index (κ1) is 19.7. The Hall–Kier alpha value is -3.60. The molecule has 1 aliphatic rings. The smallest absolute Gasteiger partial charge is 0.334 e. The van der Waals surface area contributed by atoms with Gasteiger partial charge in [0.2, 0.25) is 6.23 Å². The van der Waals surface area contributed by atoms with Crippen LogP contribution in [0.5, 0.6) is 5.75 Å². The maximum Gasteiger partial charge on any atom is 0.334 e. The zero-order chi connectivity index (χ0) is 21.1. The van der Waals surface area contributed by atoms with Crippen molar-refractivity contribution in [3.8, 4) is 5.75 Å². The Labute approximate surface area is 175 Å². The van der Waals surface area contributed by atoms with Gasteiger partial charge in [0, 0.05) is 17.5 Å². The highest BCUT2D eigenvalue weighted by Crippen LogP contribution is 2.41. The van der Waals surface area contributed by atoms with Gasteiger partial charge in [-0.2, -0.15) is 0 Å². The van der Waals surface area contributed by atoms with Crippen LogP contribution in [0.1, 0.15) is 34.6 Å². The van der Waals surface area contributed by atoms with Crippen LogP contribution in [0, 0.1) is 0 Å². The Balaban J connectivity index is 1.76. The van der Waals surface area contributed by atoms with E-state index in [-0.39, 0.29) is 5.91 Å². The topological polar surface area (TPSA) is 55.8 Å². The predicted octanol–water partition coefficient (Wildman–Crippen LogP) is 4.39. The van der Waals surface area contributed by atoms with Crippen LogP contribution in [0.2, 0.25) is 0 Å². The molecule has 0 unspecified atom stereocenters. The van der Waals surface area contributed by atoms with E-state index in [2.05, 4.69) is 0 Å². The molecule has 0 spiro atoms. The minimum atomic E-state index is -1.15. The number of carbonyl (C=O) groups excluding carboxylic acids is 2. The molecular formula is C25H23NO4. The van der Waals surface area contributed by atoms with E-state index in [1.807, 2.05) is 72.8 Å². The molecule has 1 saturated heterocycles. The molecule has 5 nitrogen and oxygen atoms in total. The summed E-state index contributed by atoms with van der Waals surface area (Å²) in [6, 6.07) is 25.8. The number of benzene rings is 3. The monoisotopic (exact) mass is 401 g/mol. The minimum Gasteiger partial charge on any atom is -0.497 e. The van der Waals surface area contributed by atoms with E-state index in [0.29, 0.717) is 12.0 Å². The summed E-state index contributed by atoms with van der Waals surface area (Å²) in [6.45, 7) is 1.77. The van der Waals surface area contributed by atoms with Crippen LogP contribution in [0.4, 0.5) is 0 Å². The van der Waals surface area contributed by atoms with E-state index in [1.165, 1.54) is 0 Å².